The number of nitrogens with zero attached hydrogens (tertiary/aromatic N) is 5. The molecule has 35 heavy (non-hydrogen) atoms. The van der Waals surface area contributed by atoms with Crippen LogP contribution < -0.4 is 5.32 Å². The summed E-state index contributed by atoms with van der Waals surface area (Å²) >= 11 is 0. The van der Waals surface area contributed by atoms with Crippen molar-refractivity contribution in [2.24, 2.45) is 0 Å². The van der Waals surface area contributed by atoms with Crippen LogP contribution in [-0.2, 0) is 10.0 Å². The van der Waals surface area contributed by atoms with Gasteiger partial charge in [-0.2, -0.15) is 9.29 Å². The molecule has 2 atom stereocenters. The zero-order valence-electron chi connectivity index (χ0n) is 18.7. The summed E-state index contributed by atoms with van der Waals surface area (Å²) in [6.45, 7) is 1.76. The second-order valence-corrected chi connectivity index (χ2v) is 10.3. The largest absolute Gasteiger partial charge is 0.392 e. The highest BCUT2D eigenvalue weighted by molar-refractivity contribution is 7.88. The standard InChI is InChI=1S/C22H21FN6O5S/c1-12-3-4-13(20-26-22(34-27-20)17-8-15(30)11-29(17)35(2,32)33)7-16(12)25-21(31)18-9-24-19-6-5-14(23)10-28(18)19/h3-7,9-10,15,17,30H,8,11H2,1-2H3,(H,25,31)/t15-,17?/m0/s1. The Hall–Kier alpha value is -3.68. The number of rotatable bonds is 5. The maximum absolute atomic E-state index is 13.7. The van der Waals surface area contributed by atoms with Crippen molar-refractivity contribution in [1.29, 1.82) is 0 Å². The first kappa shape index (κ1) is 23.1. The second-order valence-electron chi connectivity index (χ2n) is 8.40. The molecular formula is C22H21FN6O5S. The van der Waals surface area contributed by atoms with Gasteiger partial charge < -0.3 is 14.9 Å². The maximum Gasteiger partial charge on any atom is 0.274 e. The number of carbonyl (C=O) groups excluding carboxylic acids is 1. The fourth-order valence-corrected chi connectivity index (χ4v) is 5.15. The molecule has 0 saturated carbocycles. The van der Waals surface area contributed by atoms with Gasteiger partial charge in [-0.1, -0.05) is 17.3 Å². The van der Waals surface area contributed by atoms with Crippen molar-refractivity contribution in [3.8, 4) is 11.4 Å². The van der Waals surface area contributed by atoms with E-state index in [0.717, 1.165) is 16.1 Å². The number of sulfonamides is 1. The Labute approximate surface area is 199 Å². The number of carbonyl (C=O) groups is 1. The van der Waals surface area contributed by atoms with Gasteiger partial charge in [-0.15, -0.1) is 0 Å². The number of halogens is 1. The summed E-state index contributed by atoms with van der Waals surface area (Å²) in [5.41, 5.74) is 2.34. The van der Waals surface area contributed by atoms with Crippen LogP contribution in [-0.4, -0.2) is 62.2 Å². The Kier molecular flexibility index (Phi) is 5.62. The van der Waals surface area contributed by atoms with Gasteiger partial charge in [0.2, 0.25) is 21.7 Å². The van der Waals surface area contributed by atoms with Crippen LogP contribution in [0.4, 0.5) is 10.1 Å². The number of aryl methyl sites for hydroxylation is 1. The van der Waals surface area contributed by atoms with E-state index in [0.29, 0.717) is 16.9 Å². The molecule has 5 rings (SSSR count). The molecule has 1 saturated heterocycles. The second kappa shape index (κ2) is 8.52. The minimum Gasteiger partial charge on any atom is -0.392 e. The molecule has 4 aromatic rings. The molecular weight excluding hydrogens is 479 g/mol. The summed E-state index contributed by atoms with van der Waals surface area (Å²) in [7, 11) is -3.59. The number of β-amino-alcohol motifs (C(OH)–C–C–N with tert-alkyl or cyclic N) is 1. The minimum atomic E-state index is -3.59. The number of pyridine rings is 1. The number of amides is 1. The Bertz CT molecular complexity index is 1550. The van der Waals surface area contributed by atoms with E-state index >= 15 is 0 Å². The molecule has 182 valence electrons. The van der Waals surface area contributed by atoms with Crippen LogP contribution in [0.5, 0.6) is 0 Å². The number of anilines is 1. The number of imidazole rings is 1. The van der Waals surface area contributed by atoms with E-state index in [1.54, 1.807) is 25.1 Å². The molecule has 1 unspecified atom stereocenters. The van der Waals surface area contributed by atoms with Crippen LogP contribution in [0.2, 0.25) is 0 Å². The molecule has 0 radical (unpaired) electrons. The Morgan fingerprint density at radius 1 is 1.29 bits per heavy atom. The van der Waals surface area contributed by atoms with E-state index in [4.69, 9.17) is 4.52 Å². The SMILES string of the molecule is Cc1ccc(-c2noc(C3C[C@H](O)CN3S(C)(=O)=O)n2)cc1NC(=O)c1cnc2ccc(F)cn12. The van der Waals surface area contributed by atoms with Crippen molar-refractivity contribution in [3.63, 3.8) is 0 Å². The van der Waals surface area contributed by atoms with Gasteiger partial charge >= 0.3 is 0 Å². The van der Waals surface area contributed by atoms with Gasteiger partial charge in [0.25, 0.3) is 5.91 Å². The van der Waals surface area contributed by atoms with Crippen LogP contribution in [0.1, 0.15) is 34.4 Å². The average Bonchev–Trinajstić information content (AvgIpc) is 3.52. The zero-order valence-corrected chi connectivity index (χ0v) is 19.5. The third kappa shape index (κ3) is 4.40. The van der Waals surface area contributed by atoms with Crippen molar-refractivity contribution < 1.29 is 27.2 Å². The first-order valence-corrected chi connectivity index (χ1v) is 12.5. The molecule has 1 aliphatic heterocycles. The molecule has 4 heterocycles. The van der Waals surface area contributed by atoms with Gasteiger partial charge in [0.1, 0.15) is 23.2 Å². The molecule has 1 aromatic carbocycles. The highest BCUT2D eigenvalue weighted by Gasteiger charge is 2.41. The summed E-state index contributed by atoms with van der Waals surface area (Å²) in [4.78, 5) is 21.4. The van der Waals surface area contributed by atoms with Crippen molar-refractivity contribution in [2.75, 3.05) is 18.1 Å². The van der Waals surface area contributed by atoms with Crippen LogP contribution in [0.15, 0.2) is 47.2 Å². The fourth-order valence-electron chi connectivity index (χ4n) is 4.07. The van der Waals surface area contributed by atoms with Crippen LogP contribution >= 0.6 is 0 Å². The Morgan fingerprint density at radius 2 is 2.09 bits per heavy atom. The quantitative estimate of drug-likeness (QED) is 0.424. The molecule has 2 N–H and O–H groups in total. The molecule has 1 fully saturated rings. The molecule has 13 heteroatoms. The van der Waals surface area contributed by atoms with Crippen LogP contribution in [0.3, 0.4) is 0 Å². The molecule has 1 amide bonds. The fraction of sp³-hybridized carbons (Fsp3) is 0.273. The summed E-state index contributed by atoms with van der Waals surface area (Å²) in [5, 5.41) is 16.7. The lowest BCUT2D eigenvalue weighted by Gasteiger charge is -2.17. The van der Waals surface area contributed by atoms with E-state index in [9.17, 15) is 22.7 Å². The predicted molar refractivity (Wildman–Crippen MR) is 122 cm³/mol. The first-order chi connectivity index (χ1) is 16.6. The van der Waals surface area contributed by atoms with Gasteiger partial charge in [-0.05, 0) is 30.7 Å². The summed E-state index contributed by atoms with van der Waals surface area (Å²) in [5.74, 6) is -0.719. The number of hydrogen-bond acceptors (Lipinski definition) is 8. The molecule has 0 bridgehead atoms. The lowest BCUT2D eigenvalue weighted by molar-refractivity contribution is 0.102. The van der Waals surface area contributed by atoms with Gasteiger partial charge in [0, 0.05) is 30.4 Å². The average molecular weight is 501 g/mol. The predicted octanol–water partition coefficient (Wildman–Crippen LogP) is 2.15. The normalized spacial score (nSPS) is 18.9. The topological polar surface area (TPSA) is 143 Å². The third-order valence-corrected chi connectivity index (χ3v) is 7.09. The van der Waals surface area contributed by atoms with Crippen molar-refractivity contribution in [3.05, 3.63) is 65.7 Å². The molecule has 0 aliphatic carbocycles. The monoisotopic (exact) mass is 500 g/mol. The number of aromatic nitrogens is 4. The van der Waals surface area contributed by atoms with Crippen LogP contribution in [0, 0.1) is 12.7 Å². The number of nitrogens with one attached hydrogen (secondary N) is 1. The van der Waals surface area contributed by atoms with Gasteiger partial charge in [0.15, 0.2) is 0 Å². The number of fused-ring (bicyclic) bond motifs is 1. The van der Waals surface area contributed by atoms with Crippen LogP contribution in [0.25, 0.3) is 17.0 Å². The van der Waals surface area contributed by atoms with Crippen molar-refractivity contribution in [2.45, 2.75) is 25.5 Å². The number of aliphatic hydroxyl groups is 1. The van der Waals surface area contributed by atoms with Crippen molar-refractivity contribution >= 4 is 27.3 Å². The molecule has 11 nitrogen and oxygen atoms in total. The van der Waals surface area contributed by atoms with Crippen molar-refractivity contribution in [1.82, 2.24) is 23.8 Å². The summed E-state index contributed by atoms with van der Waals surface area (Å²) < 4.78 is 45.6. The number of hydrogen-bond donors (Lipinski definition) is 2. The van der Waals surface area contributed by atoms with Gasteiger partial charge in [-0.25, -0.2) is 17.8 Å². The third-order valence-electron chi connectivity index (χ3n) is 5.83. The number of benzene rings is 1. The van der Waals surface area contributed by atoms with E-state index in [-0.39, 0.29) is 30.4 Å². The summed E-state index contributed by atoms with van der Waals surface area (Å²) in [6, 6.07) is 7.13. The van der Waals surface area contributed by atoms with E-state index < -0.39 is 33.9 Å². The minimum absolute atomic E-state index is 0.0465. The van der Waals surface area contributed by atoms with E-state index in [1.165, 1.54) is 28.9 Å². The number of aliphatic hydroxyl groups excluding tert-OH is 1. The molecule has 3 aromatic heterocycles. The molecule has 0 spiro atoms. The highest BCUT2D eigenvalue weighted by Crippen LogP contribution is 2.34. The smallest absolute Gasteiger partial charge is 0.274 e. The maximum atomic E-state index is 13.7. The first-order valence-electron chi connectivity index (χ1n) is 10.6. The lowest BCUT2D eigenvalue weighted by atomic mass is 10.1. The highest BCUT2D eigenvalue weighted by atomic mass is 32.2. The van der Waals surface area contributed by atoms with E-state index in [1.807, 2.05) is 0 Å². The summed E-state index contributed by atoms with van der Waals surface area (Å²) in [6.07, 6.45) is 2.91. The lowest BCUT2D eigenvalue weighted by Crippen LogP contribution is -2.30. The van der Waals surface area contributed by atoms with E-state index in [2.05, 4.69) is 20.4 Å². The van der Waals surface area contributed by atoms with Gasteiger partial charge in [0.05, 0.1) is 18.6 Å². The van der Waals surface area contributed by atoms with Gasteiger partial charge in [-0.3, -0.25) is 9.20 Å². The zero-order chi connectivity index (χ0) is 24.9. The Morgan fingerprint density at radius 3 is 2.86 bits per heavy atom. The molecule has 1 aliphatic rings. The Balaban J connectivity index is 1.42.